The fourth-order valence-electron chi connectivity index (χ4n) is 3.43. The van der Waals surface area contributed by atoms with Crippen molar-refractivity contribution in [3.63, 3.8) is 0 Å². The predicted molar refractivity (Wildman–Crippen MR) is 110 cm³/mol. The maximum atomic E-state index is 5.97. The van der Waals surface area contributed by atoms with Crippen molar-refractivity contribution < 1.29 is 0 Å². The number of pyridine rings is 1. The number of hydrogen-bond acceptors (Lipinski definition) is 6. The highest BCUT2D eigenvalue weighted by molar-refractivity contribution is 6.15. The summed E-state index contributed by atoms with van der Waals surface area (Å²) >= 11 is 0. The van der Waals surface area contributed by atoms with Crippen LogP contribution in [0, 0.1) is 0 Å². The zero-order chi connectivity index (χ0) is 18.4. The minimum absolute atomic E-state index is 0.529. The smallest absolute Gasteiger partial charge is 0.128 e. The van der Waals surface area contributed by atoms with Crippen LogP contribution in [-0.2, 0) is 0 Å². The van der Waals surface area contributed by atoms with Gasteiger partial charge in [0.15, 0.2) is 0 Å². The summed E-state index contributed by atoms with van der Waals surface area (Å²) in [5.41, 5.74) is 8.54. The first-order valence-corrected chi connectivity index (χ1v) is 9.09. The molecule has 3 rings (SSSR count). The van der Waals surface area contributed by atoms with Gasteiger partial charge in [0, 0.05) is 43.7 Å². The van der Waals surface area contributed by atoms with Crippen molar-refractivity contribution in [2.24, 2.45) is 20.7 Å². The summed E-state index contributed by atoms with van der Waals surface area (Å²) in [5, 5.41) is 0. The first kappa shape index (κ1) is 18.0. The molecule has 6 heteroatoms. The molecular weight excluding hydrogens is 324 g/mol. The Hall–Kier alpha value is -2.76. The van der Waals surface area contributed by atoms with Crippen molar-refractivity contribution >= 4 is 29.8 Å². The second kappa shape index (κ2) is 8.56. The van der Waals surface area contributed by atoms with Gasteiger partial charge in [0.05, 0.1) is 11.4 Å². The third-order valence-corrected chi connectivity index (χ3v) is 4.87. The summed E-state index contributed by atoms with van der Waals surface area (Å²) in [7, 11) is 2.14. The first-order valence-electron chi connectivity index (χ1n) is 9.09. The van der Waals surface area contributed by atoms with Gasteiger partial charge in [-0.15, -0.1) is 0 Å². The fraction of sp³-hybridized carbons (Fsp3) is 0.400. The van der Waals surface area contributed by atoms with E-state index in [1.54, 1.807) is 12.4 Å². The standard InChI is InChI=1S/C20H26N6/c1-22-10-11-23-16-12-18(25-19(21)13-16)15-8-9-20(24-14-15)26(2)17-6-4-3-5-7-17/h8-12,14,17H,1,3-7,13H2,2H3,(H2,21,25)/b11-10-,23-16?. The summed E-state index contributed by atoms with van der Waals surface area (Å²) in [6.07, 6.45) is 13.9. The summed E-state index contributed by atoms with van der Waals surface area (Å²) in [5.74, 6) is 1.55. The predicted octanol–water partition coefficient (Wildman–Crippen LogP) is 3.57. The number of amidine groups is 1. The number of aromatic nitrogens is 1. The number of aliphatic imine (C=N–C) groups is 3. The zero-order valence-electron chi connectivity index (χ0n) is 15.3. The molecular formula is C20H26N6. The van der Waals surface area contributed by atoms with Gasteiger partial charge in [-0.25, -0.2) is 9.98 Å². The highest BCUT2D eigenvalue weighted by atomic mass is 15.2. The van der Waals surface area contributed by atoms with Crippen molar-refractivity contribution in [2.75, 3.05) is 11.9 Å². The number of nitrogens with two attached hydrogens (primary N) is 1. The van der Waals surface area contributed by atoms with E-state index in [4.69, 9.17) is 5.73 Å². The molecule has 0 atom stereocenters. The van der Waals surface area contributed by atoms with Gasteiger partial charge < -0.3 is 10.6 Å². The van der Waals surface area contributed by atoms with Crippen LogP contribution in [0.15, 0.2) is 51.8 Å². The Morgan fingerprint density at radius 1 is 1.23 bits per heavy atom. The number of hydrogen-bond donors (Lipinski definition) is 1. The Kier molecular flexibility index (Phi) is 5.94. The number of nitrogens with zero attached hydrogens (tertiary/aromatic N) is 5. The average molecular weight is 350 g/mol. The van der Waals surface area contributed by atoms with Crippen LogP contribution in [0.25, 0.3) is 5.70 Å². The van der Waals surface area contributed by atoms with E-state index in [1.165, 1.54) is 32.1 Å². The molecule has 1 aromatic rings. The Bertz CT molecular complexity index is 751. The molecule has 136 valence electrons. The van der Waals surface area contributed by atoms with Gasteiger partial charge in [-0.05, 0) is 37.8 Å². The molecule has 1 aliphatic heterocycles. The van der Waals surface area contributed by atoms with Crippen molar-refractivity contribution in [2.45, 2.75) is 44.6 Å². The summed E-state index contributed by atoms with van der Waals surface area (Å²) in [6.45, 7) is 3.39. The molecule has 1 saturated carbocycles. The molecule has 1 fully saturated rings. The number of rotatable bonds is 5. The van der Waals surface area contributed by atoms with Gasteiger partial charge in [-0.1, -0.05) is 19.3 Å². The van der Waals surface area contributed by atoms with Crippen molar-refractivity contribution in [3.8, 4) is 0 Å². The molecule has 0 unspecified atom stereocenters. The van der Waals surface area contributed by atoms with Crippen LogP contribution in [0.3, 0.4) is 0 Å². The Morgan fingerprint density at radius 3 is 2.73 bits per heavy atom. The van der Waals surface area contributed by atoms with Crippen LogP contribution in [0.5, 0.6) is 0 Å². The third kappa shape index (κ3) is 4.45. The Balaban J connectivity index is 1.77. The maximum Gasteiger partial charge on any atom is 0.128 e. The van der Waals surface area contributed by atoms with Gasteiger partial charge in [0.25, 0.3) is 0 Å². The topological polar surface area (TPSA) is 79.2 Å². The van der Waals surface area contributed by atoms with E-state index in [2.05, 4.69) is 44.7 Å². The molecule has 1 aromatic heterocycles. The SMILES string of the molecule is C=N/C=C\N=C1C=C(c2ccc(N(C)C3CCCCC3)nc2)N=C(N)C1. The van der Waals surface area contributed by atoms with E-state index in [1.807, 2.05) is 18.3 Å². The quantitative estimate of drug-likeness (QED) is 0.825. The lowest BCUT2D eigenvalue weighted by Gasteiger charge is -2.32. The van der Waals surface area contributed by atoms with Crippen LogP contribution in [0.1, 0.15) is 44.1 Å². The summed E-state index contributed by atoms with van der Waals surface area (Å²) in [4.78, 5) is 19.4. The maximum absolute atomic E-state index is 5.97. The minimum atomic E-state index is 0.529. The van der Waals surface area contributed by atoms with Crippen LogP contribution in [0.2, 0.25) is 0 Å². The molecule has 0 radical (unpaired) electrons. The van der Waals surface area contributed by atoms with E-state index < -0.39 is 0 Å². The van der Waals surface area contributed by atoms with Gasteiger partial charge in [-0.2, -0.15) is 0 Å². The van der Waals surface area contributed by atoms with Crippen molar-refractivity contribution in [1.29, 1.82) is 0 Å². The summed E-state index contributed by atoms with van der Waals surface area (Å²) < 4.78 is 0. The van der Waals surface area contributed by atoms with Crippen LogP contribution >= 0.6 is 0 Å². The molecule has 2 N–H and O–H groups in total. The summed E-state index contributed by atoms with van der Waals surface area (Å²) in [6, 6.07) is 4.70. The molecule has 0 saturated heterocycles. The third-order valence-electron chi connectivity index (χ3n) is 4.87. The van der Waals surface area contributed by atoms with Crippen LogP contribution in [0.4, 0.5) is 5.82 Å². The molecule has 2 heterocycles. The zero-order valence-corrected chi connectivity index (χ0v) is 15.3. The number of anilines is 1. The van der Waals surface area contributed by atoms with E-state index >= 15 is 0 Å². The lowest BCUT2D eigenvalue weighted by atomic mass is 9.94. The van der Waals surface area contributed by atoms with Crippen molar-refractivity contribution in [1.82, 2.24) is 4.98 Å². The average Bonchev–Trinajstić information content (AvgIpc) is 2.68. The van der Waals surface area contributed by atoms with E-state index in [-0.39, 0.29) is 0 Å². The van der Waals surface area contributed by atoms with E-state index in [0.29, 0.717) is 18.3 Å². The molecule has 0 aromatic carbocycles. The lowest BCUT2D eigenvalue weighted by Crippen LogP contribution is -2.33. The van der Waals surface area contributed by atoms with Crippen molar-refractivity contribution in [3.05, 3.63) is 42.4 Å². The molecule has 1 aliphatic carbocycles. The van der Waals surface area contributed by atoms with Gasteiger partial charge >= 0.3 is 0 Å². The normalized spacial score (nSPS) is 20.1. The van der Waals surface area contributed by atoms with Gasteiger partial charge in [0.2, 0.25) is 0 Å². The minimum Gasteiger partial charge on any atom is -0.387 e. The van der Waals surface area contributed by atoms with Crippen LogP contribution in [-0.4, -0.2) is 36.3 Å². The second-order valence-electron chi connectivity index (χ2n) is 6.72. The molecule has 0 spiro atoms. The molecule has 2 aliphatic rings. The Morgan fingerprint density at radius 2 is 2.04 bits per heavy atom. The Labute approximate surface area is 155 Å². The van der Waals surface area contributed by atoms with Crippen LogP contribution < -0.4 is 10.6 Å². The lowest BCUT2D eigenvalue weighted by molar-refractivity contribution is 0.426. The largest absolute Gasteiger partial charge is 0.387 e. The highest BCUT2D eigenvalue weighted by Gasteiger charge is 2.19. The first-order chi connectivity index (χ1) is 12.7. The number of allylic oxidation sites excluding steroid dienone is 1. The highest BCUT2D eigenvalue weighted by Crippen LogP contribution is 2.26. The molecule has 0 bridgehead atoms. The van der Waals surface area contributed by atoms with Gasteiger partial charge in [0.1, 0.15) is 11.7 Å². The molecule has 6 nitrogen and oxygen atoms in total. The fourth-order valence-corrected chi connectivity index (χ4v) is 3.43. The monoisotopic (exact) mass is 350 g/mol. The van der Waals surface area contributed by atoms with E-state index in [9.17, 15) is 0 Å². The second-order valence-corrected chi connectivity index (χ2v) is 6.72. The molecule has 26 heavy (non-hydrogen) atoms. The van der Waals surface area contributed by atoms with Gasteiger partial charge in [-0.3, -0.25) is 9.98 Å². The molecule has 0 amide bonds. The van der Waals surface area contributed by atoms with E-state index in [0.717, 1.165) is 22.8 Å².